The van der Waals surface area contributed by atoms with Gasteiger partial charge >= 0.3 is 11.9 Å². The topological polar surface area (TPSA) is 145 Å². The standard InChI is InChI=1S/C29H37N2O8PS/c1-19(32)41-18-40(37,22-12-8-20(9-13-22)26(35)30-16-24(33)38-28(2,3)4)23-14-10-21(11-15-23)27(36)31-17-25(34)39-29(5,6)7/h8-15H,16-18H2,1-7H3,(H,30,35)(H,31,36). The van der Waals surface area contributed by atoms with Crippen molar-refractivity contribution in [1.82, 2.24) is 10.6 Å². The Morgan fingerprint density at radius 3 is 1.32 bits per heavy atom. The van der Waals surface area contributed by atoms with E-state index in [0.29, 0.717) is 10.6 Å². The van der Waals surface area contributed by atoms with E-state index in [0.717, 1.165) is 11.8 Å². The molecular formula is C29H37N2O8PS. The molecule has 0 fully saturated rings. The molecule has 2 aromatic carbocycles. The highest BCUT2D eigenvalue weighted by atomic mass is 32.2. The van der Waals surface area contributed by atoms with E-state index in [1.165, 1.54) is 31.2 Å². The molecule has 12 heteroatoms. The fraction of sp³-hybridized carbons (Fsp3) is 0.414. The lowest BCUT2D eigenvalue weighted by Crippen LogP contribution is -2.34. The first-order valence-electron chi connectivity index (χ1n) is 12.8. The van der Waals surface area contributed by atoms with E-state index >= 15 is 0 Å². The summed E-state index contributed by atoms with van der Waals surface area (Å²) in [6.07, 6.45) is 0. The first-order valence-corrected chi connectivity index (χ1v) is 15.7. The predicted molar refractivity (Wildman–Crippen MR) is 159 cm³/mol. The van der Waals surface area contributed by atoms with Crippen molar-refractivity contribution in [2.75, 3.05) is 18.6 Å². The zero-order valence-corrected chi connectivity index (χ0v) is 26.1. The summed E-state index contributed by atoms with van der Waals surface area (Å²) in [5.41, 5.74) is -0.869. The van der Waals surface area contributed by atoms with Gasteiger partial charge < -0.3 is 24.7 Å². The second-order valence-electron chi connectivity index (χ2n) is 11.1. The molecule has 0 unspecified atom stereocenters. The van der Waals surface area contributed by atoms with Crippen molar-refractivity contribution in [3.63, 3.8) is 0 Å². The van der Waals surface area contributed by atoms with Crippen molar-refractivity contribution in [2.24, 2.45) is 0 Å². The molecule has 0 bridgehead atoms. The van der Waals surface area contributed by atoms with Crippen LogP contribution in [0.4, 0.5) is 0 Å². The lowest BCUT2D eigenvalue weighted by atomic mass is 10.2. The summed E-state index contributed by atoms with van der Waals surface area (Å²) in [5, 5.41) is 5.62. The SMILES string of the molecule is CC(=O)SCP(=O)(c1ccc(C(=O)NCC(=O)OC(C)(C)C)cc1)c1ccc(C(=O)NCC(=O)OC(C)(C)C)cc1. The van der Waals surface area contributed by atoms with E-state index in [4.69, 9.17) is 9.47 Å². The molecule has 0 saturated carbocycles. The second kappa shape index (κ2) is 14.0. The number of carbonyl (C=O) groups excluding carboxylic acids is 5. The quantitative estimate of drug-likeness (QED) is 0.308. The lowest BCUT2D eigenvalue weighted by molar-refractivity contribution is -0.154. The monoisotopic (exact) mass is 604 g/mol. The minimum Gasteiger partial charge on any atom is -0.459 e. The van der Waals surface area contributed by atoms with Crippen LogP contribution < -0.4 is 21.2 Å². The van der Waals surface area contributed by atoms with E-state index in [-0.39, 0.29) is 34.8 Å². The lowest BCUT2D eigenvalue weighted by Gasteiger charge is -2.20. The normalized spacial score (nSPS) is 11.8. The Morgan fingerprint density at radius 1 is 0.683 bits per heavy atom. The maximum atomic E-state index is 14.3. The van der Waals surface area contributed by atoms with Gasteiger partial charge in [-0.15, -0.1) is 0 Å². The Labute approximate surface area is 244 Å². The smallest absolute Gasteiger partial charge is 0.325 e. The zero-order chi connectivity index (χ0) is 31.0. The number of carbonyl (C=O) groups is 5. The Balaban J connectivity index is 2.19. The molecule has 41 heavy (non-hydrogen) atoms. The van der Waals surface area contributed by atoms with Crippen LogP contribution in [0.3, 0.4) is 0 Å². The molecule has 0 radical (unpaired) electrons. The Morgan fingerprint density at radius 2 is 1.02 bits per heavy atom. The molecule has 0 spiro atoms. The molecule has 0 aliphatic carbocycles. The summed E-state index contributed by atoms with van der Waals surface area (Å²) < 4.78 is 24.6. The molecule has 2 rings (SSSR count). The van der Waals surface area contributed by atoms with Crippen molar-refractivity contribution in [2.45, 2.75) is 59.7 Å². The summed E-state index contributed by atoms with van der Waals surface area (Å²) in [7, 11) is -3.36. The molecular weight excluding hydrogens is 567 g/mol. The zero-order valence-electron chi connectivity index (χ0n) is 24.4. The van der Waals surface area contributed by atoms with Crippen molar-refractivity contribution in [3.8, 4) is 0 Å². The van der Waals surface area contributed by atoms with Crippen LogP contribution in [0.2, 0.25) is 0 Å². The van der Waals surface area contributed by atoms with Crippen LogP contribution in [0.5, 0.6) is 0 Å². The molecule has 2 aromatic rings. The van der Waals surface area contributed by atoms with Gasteiger partial charge in [-0.3, -0.25) is 24.0 Å². The molecule has 0 saturated heterocycles. The van der Waals surface area contributed by atoms with Gasteiger partial charge in [-0.25, -0.2) is 0 Å². The van der Waals surface area contributed by atoms with Crippen LogP contribution in [0, 0.1) is 0 Å². The summed E-state index contributed by atoms with van der Waals surface area (Å²) in [6.45, 7) is 11.1. The van der Waals surface area contributed by atoms with Crippen LogP contribution in [-0.2, 0) is 28.4 Å². The maximum absolute atomic E-state index is 14.3. The number of benzene rings is 2. The summed E-state index contributed by atoms with van der Waals surface area (Å²) in [6, 6.07) is 12.1. The highest BCUT2D eigenvalue weighted by molar-refractivity contribution is 8.19. The Bertz CT molecular complexity index is 1240. The van der Waals surface area contributed by atoms with E-state index in [1.807, 2.05) is 0 Å². The van der Waals surface area contributed by atoms with E-state index in [9.17, 15) is 28.5 Å². The van der Waals surface area contributed by atoms with Crippen LogP contribution in [0.1, 0.15) is 69.2 Å². The Kier molecular flexibility index (Phi) is 11.5. The van der Waals surface area contributed by atoms with Gasteiger partial charge in [-0.2, -0.15) is 0 Å². The number of ether oxygens (including phenoxy) is 2. The molecule has 222 valence electrons. The first kappa shape index (κ1) is 33.8. The van der Waals surface area contributed by atoms with Gasteiger partial charge in [0.1, 0.15) is 24.3 Å². The van der Waals surface area contributed by atoms with E-state index in [2.05, 4.69) is 10.6 Å². The van der Waals surface area contributed by atoms with Crippen molar-refractivity contribution >= 4 is 58.4 Å². The summed E-state index contributed by atoms with van der Waals surface area (Å²) in [4.78, 5) is 60.6. The van der Waals surface area contributed by atoms with Gasteiger partial charge in [0.25, 0.3) is 11.8 Å². The largest absolute Gasteiger partial charge is 0.459 e. The predicted octanol–water partition coefficient (Wildman–Crippen LogP) is 3.38. The number of nitrogens with one attached hydrogen (secondary N) is 2. The third kappa shape index (κ3) is 11.2. The van der Waals surface area contributed by atoms with Crippen LogP contribution >= 0.6 is 18.9 Å². The van der Waals surface area contributed by atoms with E-state index in [1.54, 1.807) is 65.8 Å². The summed E-state index contributed by atoms with van der Waals surface area (Å²) >= 11 is 0.917. The van der Waals surface area contributed by atoms with Gasteiger partial charge in [0.2, 0.25) is 0 Å². The van der Waals surface area contributed by atoms with Gasteiger partial charge in [-0.1, -0.05) is 36.0 Å². The van der Waals surface area contributed by atoms with Crippen LogP contribution in [-0.4, -0.2) is 58.7 Å². The van der Waals surface area contributed by atoms with Crippen molar-refractivity contribution in [3.05, 3.63) is 59.7 Å². The van der Waals surface area contributed by atoms with Crippen molar-refractivity contribution in [1.29, 1.82) is 0 Å². The molecule has 0 aromatic heterocycles. The molecule has 10 nitrogen and oxygen atoms in total. The molecule has 2 N–H and O–H groups in total. The summed E-state index contributed by atoms with van der Waals surface area (Å²) in [5.74, 6) is -2.15. The minimum absolute atomic E-state index is 0.0172. The fourth-order valence-electron chi connectivity index (χ4n) is 3.45. The van der Waals surface area contributed by atoms with E-state index < -0.39 is 42.1 Å². The molecule has 0 aliphatic rings. The van der Waals surface area contributed by atoms with Crippen LogP contribution in [0.15, 0.2) is 48.5 Å². The first-order chi connectivity index (χ1) is 18.9. The molecule has 0 aliphatic heterocycles. The number of amides is 2. The fourth-order valence-corrected chi connectivity index (χ4v) is 7.66. The molecule has 2 amide bonds. The van der Waals surface area contributed by atoms with Gasteiger partial charge in [0.15, 0.2) is 12.3 Å². The number of rotatable bonds is 10. The number of esters is 2. The number of hydrogen-bond donors (Lipinski definition) is 2. The highest BCUT2D eigenvalue weighted by Gasteiger charge is 2.29. The van der Waals surface area contributed by atoms with Crippen molar-refractivity contribution < 1.29 is 38.0 Å². The molecule has 0 heterocycles. The average molecular weight is 605 g/mol. The van der Waals surface area contributed by atoms with Gasteiger partial charge in [-0.05, 0) is 65.8 Å². The third-order valence-electron chi connectivity index (χ3n) is 5.17. The average Bonchev–Trinajstić information content (AvgIpc) is 2.87. The highest BCUT2D eigenvalue weighted by Crippen LogP contribution is 2.46. The minimum atomic E-state index is -3.36. The third-order valence-corrected chi connectivity index (χ3v) is 9.81. The number of thioether (sulfide) groups is 1. The van der Waals surface area contributed by atoms with Crippen LogP contribution in [0.25, 0.3) is 0 Å². The Hall–Kier alpha value is -3.43. The maximum Gasteiger partial charge on any atom is 0.325 e. The van der Waals surface area contributed by atoms with Gasteiger partial charge in [0.05, 0.1) is 5.49 Å². The number of hydrogen-bond acceptors (Lipinski definition) is 9. The van der Waals surface area contributed by atoms with Gasteiger partial charge in [0, 0.05) is 28.7 Å². The molecule has 0 atom stereocenters. The second-order valence-corrected chi connectivity index (χ2v) is 15.5.